The molecule has 2 N–H and O–H groups in total. The molecule has 0 radical (unpaired) electrons. The molecule has 0 aliphatic heterocycles. The van der Waals surface area contributed by atoms with Gasteiger partial charge in [0.05, 0.1) is 10.6 Å². The van der Waals surface area contributed by atoms with Crippen LogP contribution in [-0.2, 0) is 6.18 Å². The van der Waals surface area contributed by atoms with E-state index >= 15 is 0 Å². The van der Waals surface area contributed by atoms with Crippen LogP contribution in [0.4, 0.5) is 40.7 Å². The molecule has 148 valence electrons. The number of nitrogens with zero attached hydrogens (tertiary/aromatic N) is 2. The Balaban J connectivity index is 0.00000136. The minimum Gasteiger partial charge on any atom is -0.340 e. The second-order valence-corrected chi connectivity index (χ2v) is 5.63. The summed E-state index contributed by atoms with van der Waals surface area (Å²) in [4.78, 5) is 8.20. The highest BCUT2D eigenvalue weighted by atomic mass is 35.5. The van der Waals surface area contributed by atoms with Crippen LogP contribution in [0.25, 0.3) is 0 Å². The zero-order chi connectivity index (χ0) is 20.7. The van der Waals surface area contributed by atoms with E-state index in [9.17, 15) is 17.6 Å². The van der Waals surface area contributed by atoms with Gasteiger partial charge in [-0.05, 0) is 48.5 Å². The number of alkyl halides is 3. The fraction of sp³-hybridized carbons (Fsp3) is 0.158. The third kappa shape index (κ3) is 5.82. The molecule has 3 rings (SSSR count). The Kier molecular flexibility index (Phi) is 7.17. The predicted molar refractivity (Wildman–Crippen MR) is 103 cm³/mol. The van der Waals surface area contributed by atoms with E-state index in [1.165, 1.54) is 36.5 Å². The molecule has 0 saturated carbocycles. The van der Waals surface area contributed by atoms with Crippen LogP contribution in [0.2, 0.25) is 5.02 Å². The summed E-state index contributed by atoms with van der Waals surface area (Å²) >= 11 is 5.72. The highest BCUT2D eigenvalue weighted by Gasteiger charge is 2.29. The number of nitrogens with one attached hydrogen (secondary N) is 2. The molecular formula is C19H17ClF4N4. The minimum absolute atomic E-state index is 0.0350. The van der Waals surface area contributed by atoms with Gasteiger partial charge in [0.15, 0.2) is 0 Å². The van der Waals surface area contributed by atoms with Gasteiger partial charge in [0.2, 0.25) is 5.95 Å². The molecule has 1 heterocycles. The summed E-state index contributed by atoms with van der Waals surface area (Å²) < 4.78 is 50.9. The fourth-order valence-electron chi connectivity index (χ4n) is 2.08. The molecule has 9 heteroatoms. The first kappa shape index (κ1) is 21.4. The van der Waals surface area contributed by atoms with Gasteiger partial charge in [-0.2, -0.15) is 18.2 Å². The largest absolute Gasteiger partial charge is 0.416 e. The summed E-state index contributed by atoms with van der Waals surface area (Å²) in [6, 6.07) is 10.2. The second-order valence-electron chi connectivity index (χ2n) is 5.22. The van der Waals surface area contributed by atoms with Crippen molar-refractivity contribution < 1.29 is 17.6 Å². The average molecular weight is 413 g/mol. The highest BCUT2D eigenvalue weighted by molar-refractivity contribution is 6.31. The van der Waals surface area contributed by atoms with Gasteiger partial charge in [0, 0.05) is 17.6 Å². The van der Waals surface area contributed by atoms with Crippen LogP contribution >= 0.6 is 11.6 Å². The SMILES string of the molecule is CC.Fc1ccc(Nc2ccnc(Nc3ccc(C(F)(F)F)cc3)n2)cc1Cl. The fourth-order valence-corrected chi connectivity index (χ4v) is 2.26. The number of hydrogen-bond acceptors (Lipinski definition) is 4. The summed E-state index contributed by atoms with van der Waals surface area (Å²) in [6.07, 6.45) is -2.93. The van der Waals surface area contributed by atoms with Crippen LogP contribution in [0, 0.1) is 5.82 Å². The first-order valence-corrected chi connectivity index (χ1v) is 8.68. The Labute approximate surface area is 164 Å². The van der Waals surface area contributed by atoms with E-state index in [0.717, 1.165) is 12.1 Å². The van der Waals surface area contributed by atoms with Gasteiger partial charge in [-0.25, -0.2) is 9.37 Å². The van der Waals surface area contributed by atoms with Crippen molar-refractivity contribution in [3.05, 3.63) is 71.1 Å². The lowest BCUT2D eigenvalue weighted by atomic mass is 10.2. The molecule has 0 spiro atoms. The molecule has 0 fully saturated rings. The Bertz CT molecular complexity index is 915. The lowest BCUT2D eigenvalue weighted by Gasteiger charge is -2.10. The van der Waals surface area contributed by atoms with E-state index in [2.05, 4.69) is 20.6 Å². The van der Waals surface area contributed by atoms with Crippen molar-refractivity contribution in [2.45, 2.75) is 20.0 Å². The van der Waals surface area contributed by atoms with E-state index in [4.69, 9.17) is 11.6 Å². The van der Waals surface area contributed by atoms with Crippen molar-refractivity contribution in [1.29, 1.82) is 0 Å². The Morgan fingerprint density at radius 1 is 0.893 bits per heavy atom. The summed E-state index contributed by atoms with van der Waals surface area (Å²) in [6.45, 7) is 4.00. The summed E-state index contributed by atoms with van der Waals surface area (Å²) in [5, 5.41) is 5.71. The maximum Gasteiger partial charge on any atom is 0.416 e. The first-order valence-electron chi connectivity index (χ1n) is 8.31. The summed E-state index contributed by atoms with van der Waals surface area (Å²) in [5.41, 5.74) is 0.183. The van der Waals surface area contributed by atoms with Crippen LogP contribution in [0.1, 0.15) is 19.4 Å². The van der Waals surface area contributed by atoms with Crippen LogP contribution in [0.3, 0.4) is 0 Å². The molecule has 0 unspecified atom stereocenters. The average Bonchev–Trinajstić information content (AvgIpc) is 2.66. The molecule has 0 amide bonds. The molecule has 1 aromatic heterocycles. The van der Waals surface area contributed by atoms with Gasteiger partial charge >= 0.3 is 6.18 Å². The lowest BCUT2D eigenvalue weighted by molar-refractivity contribution is -0.137. The highest BCUT2D eigenvalue weighted by Crippen LogP contribution is 2.30. The third-order valence-corrected chi connectivity index (χ3v) is 3.61. The Morgan fingerprint density at radius 3 is 2.14 bits per heavy atom. The van der Waals surface area contributed by atoms with Gasteiger partial charge in [0.1, 0.15) is 11.6 Å². The van der Waals surface area contributed by atoms with E-state index in [0.29, 0.717) is 17.2 Å². The number of halogens is 5. The van der Waals surface area contributed by atoms with Crippen LogP contribution in [0.15, 0.2) is 54.7 Å². The Morgan fingerprint density at radius 2 is 1.54 bits per heavy atom. The van der Waals surface area contributed by atoms with Gasteiger partial charge < -0.3 is 10.6 Å². The summed E-state index contributed by atoms with van der Waals surface area (Å²) in [5.74, 6) is 0.0459. The van der Waals surface area contributed by atoms with Gasteiger partial charge in [-0.3, -0.25) is 0 Å². The molecular weight excluding hydrogens is 396 g/mol. The number of hydrogen-bond donors (Lipinski definition) is 2. The molecule has 0 atom stereocenters. The molecule has 2 aromatic carbocycles. The molecule has 3 aromatic rings. The number of benzene rings is 2. The molecule has 0 bridgehead atoms. The standard InChI is InChI=1S/C17H11ClF4N4.C2H6/c18-13-9-12(5-6-14(13)19)24-15-7-8-23-16(26-15)25-11-3-1-10(2-4-11)17(20,21)22;1-2/h1-9H,(H2,23,24,25,26);1-2H3. The minimum atomic E-state index is -4.39. The summed E-state index contributed by atoms with van der Waals surface area (Å²) in [7, 11) is 0. The zero-order valence-corrected chi connectivity index (χ0v) is 15.7. The van der Waals surface area contributed by atoms with Crippen LogP contribution < -0.4 is 10.6 Å². The van der Waals surface area contributed by atoms with E-state index in [-0.39, 0.29) is 11.0 Å². The topological polar surface area (TPSA) is 49.8 Å². The zero-order valence-electron chi connectivity index (χ0n) is 15.0. The van der Waals surface area contributed by atoms with Crippen molar-refractivity contribution in [3.63, 3.8) is 0 Å². The van der Waals surface area contributed by atoms with E-state index in [1.807, 2.05) is 13.8 Å². The Hall–Kier alpha value is -2.87. The van der Waals surface area contributed by atoms with E-state index in [1.54, 1.807) is 6.07 Å². The number of rotatable bonds is 4. The van der Waals surface area contributed by atoms with Gasteiger partial charge in [-0.15, -0.1) is 0 Å². The molecule has 0 aliphatic carbocycles. The van der Waals surface area contributed by atoms with Crippen molar-refractivity contribution in [1.82, 2.24) is 9.97 Å². The molecule has 0 saturated heterocycles. The van der Waals surface area contributed by atoms with Crippen molar-refractivity contribution in [2.24, 2.45) is 0 Å². The lowest BCUT2D eigenvalue weighted by Crippen LogP contribution is -2.05. The van der Waals surface area contributed by atoms with Crippen LogP contribution in [0.5, 0.6) is 0 Å². The first-order chi connectivity index (χ1) is 13.3. The van der Waals surface area contributed by atoms with E-state index < -0.39 is 17.6 Å². The molecule has 28 heavy (non-hydrogen) atoms. The third-order valence-electron chi connectivity index (χ3n) is 3.32. The second kappa shape index (κ2) is 9.36. The van der Waals surface area contributed by atoms with Gasteiger partial charge in [0.25, 0.3) is 0 Å². The monoisotopic (exact) mass is 412 g/mol. The van der Waals surface area contributed by atoms with Crippen molar-refractivity contribution in [3.8, 4) is 0 Å². The van der Waals surface area contributed by atoms with Crippen molar-refractivity contribution in [2.75, 3.05) is 10.6 Å². The maximum absolute atomic E-state index is 13.2. The quantitative estimate of drug-likeness (QED) is 0.462. The molecule has 0 aliphatic rings. The number of aromatic nitrogens is 2. The molecule has 4 nitrogen and oxygen atoms in total. The number of anilines is 4. The van der Waals surface area contributed by atoms with Gasteiger partial charge in [-0.1, -0.05) is 25.4 Å². The van der Waals surface area contributed by atoms with Crippen molar-refractivity contribution >= 4 is 34.7 Å². The normalized spacial score (nSPS) is 10.7. The predicted octanol–water partition coefficient (Wildman–Crippen LogP) is 6.80. The maximum atomic E-state index is 13.2. The smallest absolute Gasteiger partial charge is 0.340 e. The van der Waals surface area contributed by atoms with Crippen LogP contribution in [-0.4, -0.2) is 9.97 Å².